The van der Waals surface area contributed by atoms with Crippen molar-refractivity contribution in [2.24, 2.45) is 4.99 Å². The van der Waals surface area contributed by atoms with Crippen LogP contribution in [0.5, 0.6) is 0 Å². The lowest BCUT2D eigenvalue weighted by Gasteiger charge is -2.20. The largest absolute Gasteiger partial charge is 0.444 e. The molecule has 0 radical (unpaired) electrons. The zero-order valence-corrected chi connectivity index (χ0v) is 16.6. The molecular weight excluding hydrogens is 335 g/mol. The summed E-state index contributed by atoms with van der Waals surface area (Å²) in [5, 5.41) is 9.03. The summed E-state index contributed by atoms with van der Waals surface area (Å²) in [6.45, 7) is 12.5. The fourth-order valence-corrected chi connectivity index (χ4v) is 2.13. The Kier molecular flexibility index (Phi) is 8.35. The summed E-state index contributed by atoms with van der Waals surface area (Å²) in [5.41, 5.74) is 0.933. The Bertz CT molecular complexity index is 626. The summed E-state index contributed by atoms with van der Waals surface area (Å²) in [5.74, 6) is 0.381. The zero-order valence-electron chi connectivity index (χ0n) is 16.6. The van der Waals surface area contributed by atoms with Gasteiger partial charge >= 0.3 is 6.09 Å². The molecule has 0 aliphatic carbocycles. The first-order valence-corrected chi connectivity index (χ1v) is 8.90. The molecule has 1 unspecified atom stereocenters. The summed E-state index contributed by atoms with van der Waals surface area (Å²) >= 11 is 0. The van der Waals surface area contributed by atoms with Gasteiger partial charge < -0.3 is 20.7 Å². The van der Waals surface area contributed by atoms with Gasteiger partial charge in [-0.25, -0.2) is 9.18 Å². The van der Waals surface area contributed by atoms with Gasteiger partial charge in [-0.3, -0.25) is 4.99 Å². The first-order valence-electron chi connectivity index (χ1n) is 8.90. The smallest absolute Gasteiger partial charge is 0.407 e. The predicted molar refractivity (Wildman–Crippen MR) is 103 cm³/mol. The lowest BCUT2D eigenvalue weighted by atomic mass is 10.1. The predicted octanol–water partition coefficient (Wildman–Crippen LogP) is 3.27. The number of guanidine groups is 1. The number of aryl methyl sites for hydroxylation is 1. The Hall–Kier alpha value is -2.31. The molecule has 26 heavy (non-hydrogen) atoms. The van der Waals surface area contributed by atoms with Crippen molar-refractivity contribution in [3.63, 3.8) is 0 Å². The molecule has 0 aliphatic rings. The van der Waals surface area contributed by atoms with E-state index in [1.54, 1.807) is 13.0 Å². The number of halogens is 1. The second kappa shape index (κ2) is 9.99. The second-order valence-corrected chi connectivity index (χ2v) is 7.06. The van der Waals surface area contributed by atoms with Gasteiger partial charge in [-0.15, -0.1) is 0 Å². The molecule has 7 heteroatoms. The van der Waals surface area contributed by atoms with Crippen LogP contribution in [-0.4, -0.2) is 37.3 Å². The first kappa shape index (κ1) is 21.7. The molecule has 6 nitrogen and oxygen atoms in total. The van der Waals surface area contributed by atoms with Gasteiger partial charge in [0.1, 0.15) is 11.4 Å². The molecule has 0 bridgehead atoms. The van der Waals surface area contributed by atoms with Crippen molar-refractivity contribution >= 4 is 12.1 Å². The van der Waals surface area contributed by atoms with Crippen LogP contribution < -0.4 is 16.0 Å². The molecule has 0 aromatic heterocycles. The molecule has 1 amide bonds. The van der Waals surface area contributed by atoms with Crippen LogP contribution in [0, 0.1) is 12.7 Å². The van der Waals surface area contributed by atoms with Crippen LogP contribution in [0.2, 0.25) is 0 Å². The van der Waals surface area contributed by atoms with Crippen LogP contribution in [0.1, 0.15) is 51.8 Å². The average Bonchev–Trinajstić information content (AvgIpc) is 2.52. The third-order valence-electron chi connectivity index (χ3n) is 3.44. The van der Waals surface area contributed by atoms with E-state index in [-0.39, 0.29) is 11.9 Å². The van der Waals surface area contributed by atoms with Gasteiger partial charge in [-0.1, -0.05) is 12.1 Å². The maximum atomic E-state index is 13.7. The number of aliphatic imine (C=N–C) groups is 1. The molecule has 0 aliphatic heterocycles. The third kappa shape index (κ3) is 8.18. The summed E-state index contributed by atoms with van der Waals surface area (Å²) in [4.78, 5) is 16.0. The van der Waals surface area contributed by atoms with Crippen LogP contribution in [0.15, 0.2) is 23.2 Å². The standard InChI is InChI=1S/C19H31FN4O2/c1-7-21-17(22-10-11-23-18(25)26-19(4,5)6)24-14(3)15-9-8-13(2)16(20)12-15/h8-9,12,14H,7,10-11H2,1-6H3,(H,23,25)(H2,21,22,24). The van der Waals surface area contributed by atoms with Crippen LogP contribution >= 0.6 is 0 Å². The first-order chi connectivity index (χ1) is 12.1. The van der Waals surface area contributed by atoms with Gasteiger partial charge in [0, 0.05) is 13.1 Å². The normalized spacial score (nSPS) is 13.1. The number of benzene rings is 1. The van der Waals surface area contributed by atoms with E-state index >= 15 is 0 Å². The summed E-state index contributed by atoms with van der Waals surface area (Å²) in [6, 6.07) is 5.07. The van der Waals surface area contributed by atoms with Gasteiger partial charge in [0.25, 0.3) is 0 Å². The highest BCUT2D eigenvalue weighted by atomic mass is 19.1. The van der Waals surface area contributed by atoms with Crippen LogP contribution in [0.25, 0.3) is 0 Å². The number of nitrogens with one attached hydrogen (secondary N) is 3. The molecule has 0 heterocycles. The number of hydrogen-bond acceptors (Lipinski definition) is 3. The van der Waals surface area contributed by atoms with E-state index in [4.69, 9.17) is 4.74 Å². The Balaban J connectivity index is 2.57. The molecule has 1 aromatic carbocycles. The maximum Gasteiger partial charge on any atom is 0.407 e. The van der Waals surface area contributed by atoms with Crippen LogP contribution in [0.4, 0.5) is 9.18 Å². The van der Waals surface area contributed by atoms with E-state index in [0.717, 1.165) is 5.56 Å². The fraction of sp³-hybridized carbons (Fsp3) is 0.579. The van der Waals surface area contributed by atoms with E-state index in [0.29, 0.717) is 31.2 Å². The van der Waals surface area contributed by atoms with Gasteiger partial charge in [0.2, 0.25) is 0 Å². The quantitative estimate of drug-likeness (QED) is 0.410. The van der Waals surface area contributed by atoms with Gasteiger partial charge in [-0.2, -0.15) is 0 Å². The van der Waals surface area contributed by atoms with Crippen molar-refractivity contribution in [2.45, 2.75) is 53.2 Å². The number of carbonyl (C=O) groups excluding carboxylic acids is 1. The van der Waals surface area contributed by atoms with Crippen molar-refractivity contribution in [3.8, 4) is 0 Å². The molecular formula is C19H31FN4O2. The highest BCUT2D eigenvalue weighted by molar-refractivity contribution is 5.80. The van der Waals surface area contributed by atoms with E-state index in [1.807, 2.05) is 40.7 Å². The van der Waals surface area contributed by atoms with Gasteiger partial charge in [0.05, 0.1) is 12.6 Å². The highest BCUT2D eigenvalue weighted by Gasteiger charge is 2.15. The average molecular weight is 366 g/mol. The van der Waals surface area contributed by atoms with Crippen molar-refractivity contribution in [1.29, 1.82) is 0 Å². The highest BCUT2D eigenvalue weighted by Crippen LogP contribution is 2.16. The molecule has 0 spiro atoms. The third-order valence-corrected chi connectivity index (χ3v) is 3.44. The number of amides is 1. The molecule has 1 atom stereocenters. The zero-order chi connectivity index (χ0) is 19.7. The molecule has 1 rings (SSSR count). The topological polar surface area (TPSA) is 74.8 Å². The minimum Gasteiger partial charge on any atom is -0.444 e. The minimum atomic E-state index is -0.525. The van der Waals surface area contributed by atoms with Gasteiger partial charge in [-0.05, 0) is 58.7 Å². The molecule has 3 N–H and O–H groups in total. The van der Waals surface area contributed by atoms with Crippen molar-refractivity contribution in [3.05, 3.63) is 35.1 Å². The molecule has 0 fully saturated rings. The van der Waals surface area contributed by atoms with E-state index in [9.17, 15) is 9.18 Å². The van der Waals surface area contributed by atoms with E-state index in [1.165, 1.54) is 6.07 Å². The van der Waals surface area contributed by atoms with Gasteiger partial charge in [0.15, 0.2) is 5.96 Å². The number of carbonyl (C=O) groups is 1. The summed E-state index contributed by atoms with van der Waals surface area (Å²) < 4.78 is 18.9. The Morgan fingerprint density at radius 2 is 2.00 bits per heavy atom. The Labute approximate surface area is 155 Å². The second-order valence-electron chi connectivity index (χ2n) is 7.06. The molecule has 0 saturated heterocycles. The maximum absolute atomic E-state index is 13.7. The number of ether oxygens (including phenoxy) is 1. The lowest BCUT2D eigenvalue weighted by molar-refractivity contribution is 0.0529. The van der Waals surface area contributed by atoms with Crippen molar-refractivity contribution in [2.75, 3.05) is 19.6 Å². The summed E-state index contributed by atoms with van der Waals surface area (Å²) in [7, 11) is 0. The SMILES string of the molecule is CCNC(=NCCNC(=O)OC(C)(C)C)NC(C)c1ccc(C)c(F)c1. The Morgan fingerprint density at radius 3 is 2.58 bits per heavy atom. The molecule has 1 aromatic rings. The number of rotatable bonds is 6. The Morgan fingerprint density at radius 1 is 1.31 bits per heavy atom. The van der Waals surface area contributed by atoms with Crippen molar-refractivity contribution < 1.29 is 13.9 Å². The molecule has 0 saturated carbocycles. The van der Waals surface area contributed by atoms with Crippen LogP contribution in [-0.2, 0) is 4.74 Å². The summed E-state index contributed by atoms with van der Waals surface area (Å²) in [6.07, 6.45) is -0.464. The van der Waals surface area contributed by atoms with E-state index < -0.39 is 11.7 Å². The monoisotopic (exact) mass is 366 g/mol. The number of alkyl carbamates (subject to hydrolysis) is 1. The van der Waals surface area contributed by atoms with Crippen LogP contribution in [0.3, 0.4) is 0 Å². The minimum absolute atomic E-state index is 0.110. The molecule has 146 valence electrons. The number of hydrogen-bond donors (Lipinski definition) is 3. The lowest BCUT2D eigenvalue weighted by Crippen LogP contribution is -2.39. The fourth-order valence-electron chi connectivity index (χ4n) is 2.13. The van der Waals surface area contributed by atoms with E-state index in [2.05, 4.69) is 20.9 Å². The van der Waals surface area contributed by atoms with Crippen molar-refractivity contribution in [1.82, 2.24) is 16.0 Å². The number of nitrogens with zero attached hydrogens (tertiary/aromatic N) is 1.